The van der Waals surface area contributed by atoms with E-state index >= 15 is 0 Å². The van der Waals surface area contributed by atoms with Gasteiger partial charge in [-0.2, -0.15) is 0 Å². The Morgan fingerprint density at radius 2 is 1.67 bits per heavy atom. The summed E-state index contributed by atoms with van der Waals surface area (Å²) in [7, 11) is 0. The van der Waals surface area contributed by atoms with Crippen molar-refractivity contribution in [2.45, 2.75) is 46.1 Å². The first-order chi connectivity index (χ1) is 8.69. The van der Waals surface area contributed by atoms with Crippen molar-refractivity contribution in [2.75, 3.05) is 19.8 Å². The monoisotopic (exact) mass is 249 g/mol. The summed E-state index contributed by atoms with van der Waals surface area (Å²) < 4.78 is 5.67. The van der Waals surface area contributed by atoms with E-state index in [1.165, 1.54) is 11.1 Å². The third-order valence-electron chi connectivity index (χ3n) is 3.09. The number of nitrogens with one attached hydrogen (secondary N) is 1. The standard InChI is InChI=1S/C16H27NO/c1-5-11-18-12-16(17-6-2)15-9-7-14(8-10-15)13(3)4/h7-10,13,16-17H,5-6,11-12H2,1-4H3. The lowest BCUT2D eigenvalue weighted by Gasteiger charge is -2.19. The van der Waals surface area contributed by atoms with E-state index in [1.807, 2.05) is 0 Å². The Kier molecular flexibility index (Phi) is 6.99. The lowest BCUT2D eigenvalue weighted by atomic mass is 9.99. The summed E-state index contributed by atoms with van der Waals surface area (Å²) >= 11 is 0. The second-order valence-electron chi connectivity index (χ2n) is 5.01. The summed E-state index contributed by atoms with van der Waals surface area (Å²) in [6.45, 7) is 11.3. The van der Waals surface area contributed by atoms with Gasteiger partial charge in [0.15, 0.2) is 0 Å². The molecule has 18 heavy (non-hydrogen) atoms. The van der Waals surface area contributed by atoms with Gasteiger partial charge in [0.2, 0.25) is 0 Å². The lowest BCUT2D eigenvalue weighted by Crippen LogP contribution is -2.25. The molecule has 2 heteroatoms. The Balaban J connectivity index is 2.66. The van der Waals surface area contributed by atoms with E-state index < -0.39 is 0 Å². The van der Waals surface area contributed by atoms with Crippen molar-refractivity contribution in [2.24, 2.45) is 0 Å². The highest BCUT2D eigenvalue weighted by Crippen LogP contribution is 2.19. The van der Waals surface area contributed by atoms with Gasteiger partial charge in [0.05, 0.1) is 12.6 Å². The van der Waals surface area contributed by atoms with Gasteiger partial charge in [-0.1, -0.05) is 52.0 Å². The van der Waals surface area contributed by atoms with E-state index in [9.17, 15) is 0 Å². The van der Waals surface area contributed by atoms with Gasteiger partial charge in [-0.25, -0.2) is 0 Å². The maximum absolute atomic E-state index is 5.67. The average Bonchev–Trinajstić information content (AvgIpc) is 2.38. The fourth-order valence-corrected chi connectivity index (χ4v) is 1.98. The molecule has 0 radical (unpaired) electrons. The fourth-order valence-electron chi connectivity index (χ4n) is 1.98. The average molecular weight is 249 g/mol. The zero-order valence-corrected chi connectivity index (χ0v) is 12.2. The molecule has 1 rings (SSSR count). The van der Waals surface area contributed by atoms with Crippen molar-refractivity contribution >= 4 is 0 Å². The summed E-state index contributed by atoms with van der Waals surface area (Å²) in [5, 5.41) is 3.48. The van der Waals surface area contributed by atoms with Gasteiger partial charge in [0, 0.05) is 6.61 Å². The predicted molar refractivity (Wildman–Crippen MR) is 78.1 cm³/mol. The van der Waals surface area contributed by atoms with Gasteiger partial charge in [0.25, 0.3) is 0 Å². The van der Waals surface area contributed by atoms with Gasteiger partial charge in [-0.05, 0) is 30.0 Å². The fraction of sp³-hybridized carbons (Fsp3) is 0.625. The van der Waals surface area contributed by atoms with E-state index in [1.54, 1.807) is 0 Å². The SMILES string of the molecule is CCCOCC(NCC)c1ccc(C(C)C)cc1. The van der Waals surface area contributed by atoms with Crippen LogP contribution in [0.3, 0.4) is 0 Å². The van der Waals surface area contributed by atoms with Crippen LogP contribution in [0, 0.1) is 0 Å². The third kappa shape index (κ3) is 4.79. The molecule has 0 bridgehead atoms. The molecule has 1 atom stereocenters. The second kappa shape index (κ2) is 8.28. The Labute approximate surface area is 112 Å². The second-order valence-corrected chi connectivity index (χ2v) is 5.01. The molecule has 1 unspecified atom stereocenters. The Morgan fingerprint density at radius 3 is 2.17 bits per heavy atom. The highest BCUT2D eigenvalue weighted by Gasteiger charge is 2.10. The first-order valence-corrected chi connectivity index (χ1v) is 7.10. The van der Waals surface area contributed by atoms with Crippen LogP contribution in [0.5, 0.6) is 0 Å². The van der Waals surface area contributed by atoms with Crippen LogP contribution in [0.2, 0.25) is 0 Å². The molecule has 1 N–H and O–H groups in total. The number of rotatable bonds is 8. The van der Waals surface area contributed by atoms with Crippen molar-refractivity contribution in [3.8, 4) is 0 Å². The molecule has 0 saturated heterocycles. The Bertz CT molecular complexity index is 318. The minimum absolute atomic E-state index is 0.308. The smallest absolute Gasteiger partial charge is 0.0661 e. The summed E-state index contributed by atoms with van der Waals surface area (Å²) in [5.41, 5.74) is 2.71. The molecule has 0 amide bonds. The molecular formula is C16H27NO. The topological polar surface area (TPSA) is 21.3 Å². The minimum Gasteiger partial charge on any atom is -0.379 e. The molecule has 102 valence electrons. The van der Waals surface area contributed by atoms with Crippen molar-refractivity contribution in [1.29, 1.82) is 0 Å². The number of likely N-dealkylation sites (N-methyl/N-ethyl adjacent to an activating group) is 1. The Hall–Kier alpha value is -0.860. The van der Waals surface area contributed by atoms with E-state index in [2.05, 4.69) is 57.3 Å². The molecule has 0 fully saturated rings. The first-order valence-electron chi connectivity index (χ1n) is 7.10. The summed E-state index contributed by atoms with van der Waals surface area (Å²) in [6, 6.07) is 9.20. The third-order valence-corrected chi connectivity index (χ3v) is 3.09. The molecule has 1 aromatic carbocycles. The molecule has 1 aromatic rings. The van der Waals surface area contributed by atoms with Crippen LogP contribution in [-0.4, -0.2) is 19.8 Å². The van der Waals surface area contributed by atoms with Gasteiger partial charge < -0.3 is 10.1 Å². The maximum Gasteiger partial charge on any atom is 0.0661 e. The minimum atomic E-state index is 0.308. The number of ether oxygens (including phenoxy) is 1. The molecular weight excluding hydrogens is 222 g/mol. The zero-order valence-electron chi connectivity index (χ0n) is 12.2. The van der Waals surface area contributed by atoms with Crippen LogP contribution in [0.15, 0.2) is 24.3 Å². The summed E-state index contributed by atoms with van der Waals surface area (Å²) in [4.78, 5) is 0. The van der Waals surface area contributed by atoms with Crippen LogP contribution in [0.1, 0.15) is 57.2 Å². The predicted octanol–water partition coefficient (Wildman–Crippen LogP) is 3.89. The van der Waals surface area contributed by atoms with E-state index in [0.717, 1.165) is 26.2 Å². The number of hydrogen-bond donors (Lipinski definition) is 1. The van der Waals surface area contributed by atoms with Crippen LogP contribution in [-0.2, 0) is 4.74 Å². The molecule has 2 nitrogen and oxygen atoms in total. The van der Waals surface area contributed by atoms with Crippen LogP contribution < -0.4 is 5.32 Å². The first kappa shape index (κ1) is 15.2. The van der Waals surface area contributed by atoms with E-state index in [4.69, 9.17) is 4.74 Å². The molecule has 0 aliphatic heterocycles. The molecule has 0 saturated carbocycles. The highest BCUT2D eigenvalue weighted by molar-refractivity contribution is 5.26. The highest BCUT2D eigenvalue weighted by atomic mass is 16.5. The maximum atomic E-state index is 5.67. The van der Waals surface area contributed by atoms with Crippen LogP contribution in [0.4, 0.5) is 0 Å². The molecule has 0 aliphatic rings. The number of hydrogen-bond acceptors (Lipinski definition) is 2. The van der Waals surface area contributed by atoms with E-state index in [0.29, 0.717) is 12.0 Å². The van der Waals surface area contributed by atoms with Crippen LogP contribution in [0.25, 0.3) is 0 Å². The molecule has 0 heterocycles. The van der Waals surface area contributed by atoms with Crippen molar-refractivity contribution in [1.82, 2.24) is 5.32 Å². The lowest BCUT2D eigenvalue weighted by molar-refractivity contribution is 0.112. The summed E-state index contributed by atoms with van der Waals surface area (Å²) in [6.07, 6.45) is 1.07. The number of benzene rings is 1. The molecule has 0 aromatic heterocycles. The van der Waals surface area contributed by atoms with Crippen molar-refractivity contribution in [3.63, 3.8) is 0 Å². The van der Waals surface area contributed by atoms with Crippen molar-refractivity contribution in [3.05, 3.63) is 35.4 Å². The Morgan fingerprint density at radius 1 is 1.06 bits per heavy atom. The molecule has 0 spiro atoms. The summed E-state index contributed by atoms with van der Waals surface area (Å²) in [5.74, 6) is 0.591. The van der Waals surface area contributed by atoms with Gasteiger partial charge >= 0.3 is 0 Å². The molecule has 0 aliphatic carbocycles. The zero-order chi connectivity index (χ0) is 13.4. The van der Waals surface area contributed by atoms with Crippen LogP contribution >= 0.6 is 0 Å². The normalized spacial score (nSPS) is 12.9. The van der Waals surface area contributed by atoms with Crippen molar-refractivity contribution < 1.29 is 4.74 Å². The van der Waals surface area contributed by atoms with E-state index in [-0.39, 0.29) is 0 Å². The van der Waals surface area contributed by atoms with Gasteiger partial charge in [0.1, 0.15) is 0 Å². The van der Waals surface area contributed by atoms with Gasteiger partial charge in [-0.15, -0.1) is 0 Å². The quantitative estimate of drug-likeness (QED) is 0.706. The largest absolute Gasteiger partial charge is 0.379 e. The van der Waals surface area contributed by atoms with Gasteiger partial charge in [-0.3, -0.25) is 0 Å².